The van der Waals surface area contributed by atoms with Crippen molar-refractivity contribution in [3.05, 3.63) is 23.8 Å². The summed E-state index contributed by atoms with van der Waals surface area (Å²) >= 11 is 0. The predicted octanol–water partition coefficient (Wildman–Crippen LogP) is 1.07. The molecule has 1 aliphatic rings. The van der Waals surface area contributed by atoms with Crippen LogP contribution in [0.1, 0.15) is 25.5 Å². The van der Waals surface area contributed by atoms with Crippen molar-refractivity contribution >= 4 is 10.0 Å². The first-order valence-electron chi connectivity index (χ1n) is 6.92. The van der Waals surface area contributed by atoms with Gasteiger partial charge in [-0.25, -0.2) is 13.1 Å². The summed E-state index contributed by atoms with van der Waals surface area (Å²) in [6, 6.07) is 5.10. The lowest BCUT2D eigenvalue weighted by molar-refractivity contribution is 0.165. The Labute approximate surface area is 125 Å². The van der Waals surface area contributed by atoms with Crippen LogP contribution in [0.4, 0.5) is 0 Å². The van der Waals surface area contributed by atoms with Crippen LogP contribution >= 0.6 is 0 Å². The summed E-state index contributed by atoms with van der Waals surface area (Å²) in [5, 5.41) is 10.1. The lowest BCUT2D eigenvalue weighted by atomic mass is 10.1. The Morgan fingerprint density at radius 1 is 1.24 bits per heavy atom. The fourth-order valence-corrected chi connectivity index (χ4v) is 3.50. The van der Waals surface area contributed by atoms with Gasteiger partial charge in [0.2, 0.25) is 10.0 Å². The molecule has 1 aromatic rings. The van der Waals surface area contributed by atoms with Crippen LogP contribution in [-0.4, -0.2) is 39.0 Å². The van der Waals surface area contributed by atoms with Gasteiger partial charge in [-0.15, -0.1) is 0 Å². The number of aliphatic hydroxyl groups is 1. The molecule has 1 aliphatic heterocycles. The number of aliphatic hydroxyl groups excluding tert-OH is 1. The third-order valence-corrected chi connectivity index (χ3v) is 4.71. The minimum absolute atomic E-state index is 0.0361. The molecule has 1 atom stereocenters. The van der Waals surface area contributed by atoms with Gasteiger partial charge < -0.3 is 14.6 Å². The number of sulfonamides is 1. The van der Waals surface area contributed by atoms with E-state index in [1.165, 1.54) is 0 Å². The molecular weight excluding hydrogens is 294 g/mol. The molecule has 0 spiro atoms. The number of hydrogen-bond donors (Lipinski definition) is 2. The second-order valence-electron chi connectivity index (χ2n) is 5.44. The van der Waals surface area contributed by atoms with Crippen molar-refractivity contribution in [3.63, 3.8) is 0 Å². The molecule has 0 amide bonds. The third kappa shape index (κ3) is 4.59. The monoisotopic (exact) mass is 315 g/mol. The topological polar surface area (TPSA) is 84.9 Å². The first-order chi connectivity index (χ1) is 9.87. The minimum Gasteiger partial charge on any atom is -0.486 e. The van der Waals surface area contributed by atoms with E-state index in [4.69, 9.17) is 9.47 Å². The molecule has 0 saturated heterocycles. The summed E-state index contributed by atoms with van der Waals surface area (Å²) < 4.78 is 36.7. The summed E-state index contributed by atoms with van der Waals surface area (Å²) in [4.78, 5) is 0. The summed E-state index contributed by atoms with van der Waals surface area (Å²) in [5.41, 5.74) is 0.589. The Morgan fingerprint density at radius 2 is 1.90 bits per heavy atom. The number of fused-ring (bicyclic) bond motifs is 1. The zero-order valence-corrected chi connectivity index (χ0v) is 13.0. The molecule has 0 aromatic heterocycles. The van der Waals surface area contributed by atoms with E-state index in [1.807, 2.05) is 13.8 Å². The lowest BCUT2D eigenvalue weighted by Gasteiger charge is -2.20. The number of ether oxygens (including phenoxy) is 2. The Hall–Kier alpha value is -1.31. The molecule has 0 saturated carbocycles. The van der Waals surface area contributed by atoms with E-state index < -0.39 is 16.1 Å². The van der Waals surface area contributed by atoms with Gasteiger partial charge in [0.15, 0.2) is 11.5 Å². The molecule has 7 heteroatoms. The lowest BCUT2D eigenvalue weighted by Crippen LogP contribution is -2.32. The molecule has 6 nitrogen and oxygen atoms in total. The number of nitrogens with one attached hydrogen (secondary N) is 1. The maximum absolute atomic E-state index is 11.7. The summed E-state index contributed by atoms with van der Waals surface area (Å²) in [7, 11) is -3.37. The first kappa shape index (κ1) is 16.1. The van der Waals surface area contributed by atoms with E-state index in [1.54, 1.807) is 18.2 Å². The predicted molar refractivity (Wildman–Crippen MR) is 79.0 cm³/mol. The largest absolute Gasteiger partial charge is 0.486 e. The highest BCUT2D eigenvalue weighted by Crippen LogP contribution is 2.32. The van der Waals surface area contributed by atoms with Gasteiger partial charge in [0.1, 0.15) is 13.2 Å². The maximum Gasteiger partial charge on any atom is 0.211 e. The zero-order valence-electron chi connectivity index (χ0n) is 12.2. The van der Waals surface area contributed by atoms with Gasteiger partial charge in [-0.1, -0.05) is 19.9 Å². The average Bonchev–Trinajstić information content (AvgIpc) is 2.43. The maximum atomic E-state index is 11.7. The summed E-state index contributed by atoms with van der Waals surface area (Å²) in [6.07, 6.45) is -0.928. The zero-order chi connectivity index (χ0) is 15.5. The Bertz CT molecular complexity index is 585. The Balaban J connectivity index is 1.99. The van der Waals surface area contributed by atoms with Crippen LogP contribution in [0.25, 0.3) is 0 Å². The fourth-order valence-electron chi connectivity index (χ4n) is 2.09. The molecule has 0 aliphatic carbocycles. The average molecular weight is 315 g/mol. The minimum atomic E-state index is -3.37. The van der Waals surface area contributed by atoms with Crippen LogP contribution in [0.15, 0.2) is 18.2 Å². The number of hydrogen-bond acceptors (Lipinski definition) is 5. The molecule has 0 radical (unpaired) electrons. The first-order valence-corrected chi connectivity index (χ1v) is 8.57. The molecule has 0 fully saturated rings. The van der Waals surface area contributed by atoms with E-state index in [9.17, 15) is 13.5 Å². The van der Waals surface area contributed by atoms with Crippen molar-refractivity contribution in [2.45, 2.75) is 20.0 Å². The molecule has 2 rings (SSSR count). The Morgan fingerprint density at radius 3 is 2.57 bits per heavy atom. The Kier molecular flexibility index (Phi) is 5.08. The van der Waals surface area contributed by atoms with E-state index in [-0.39, 0.29) is 18.2 Å². The fraction of sp³-hybridized carbons (Fsp3) is 0.571. The van der Waals surface area contributed by atoms with E-state index in [2.05, 4.69) is 4.72 Å². The van der Waals surface area contributed by atoms with Crippen LogP contribution in [-0.2, 0) is 10.0 Å². The molecule has 118 valence electrons. The van der Waals surface area contributed by atoms with E-state index in [0.29, 0.717) is 30.3 Å². The standard InChI is InChI=1S/C14H21NO5S/c1-10(2)9-21(17,18)15-8-12(16)11-3-4-13-14(7-11)20-6-5-19-13/h3-4,7,10,12,15-16H,5-6,8-9H2,1-2H3. The van der Waals surface area contributed by atoms with Crippen molar-refractivity contribution in [2.24, 2.45) is 5.92 Å². The SMILES string of the molecule is CC(C)CS(=O)(=O)NCC(O)c1ccc2c(c1)OCCO2. The second-order valence-corrected chi connectivity index (χ2v) is 7.29. The van der Waals surface area contributed by atoms with Gasteiger partial charge in [-0.2, -0.15) is 0 Å². The highest BCUT2D eigenvalue weighted by Gasteiger charge is 2.18. The van der Waals surface area contributed by atoms with Crippen LogP contribution in [0.3, 0.4) is 0 Å². The van der Waals surface area contributed by atoms with Gasteiger partial charge in [0, 0.05) is 6.54 Å². The third-order valence-electron chi connectivity index (χ3n) is 3.00. The van der Waals surface area contributed by atoms with Gasteiger partial charge in [-0.3, -0.25) is 0 Å². The van der Waals surface area contributed by atoms with Crippen molar-refractivity contribution in [2.75, 3.05) is 25.5 Å². The summed E-state index contributed by atoms with van der Waals surface area (Å²) in [5.74, 6) is 1.29. The van der Waals surface area contributed by atoms with Crippen LogP contribution in [0.5, 0.6) is 11.5 Å². The van der Waals surface area contributed by atoms with Crippen molar-refractivity contribution in [3.8, 4) is 11.5 Å². The van der Waals surface area contributed by atoms with Gasteiger partial charge in [-0.05, 0) is 23.6 Å². The van der Waals surface area contributed by atoms with Crippen molar-refractivity contribution < 1.29 is 23.0 Å². The molecule has 1 aromatic carbocycles. The molecule has 1 heterocycles. The number of rotatable bonds is 6. The van der Waals surface area contributed by atoms with Gasteiger partial charge in [0.05, 0.1) is 11.9 Å². The second kappa shape index (κ2) is 6.64. The number of benzene rings is 1. The molecule has 1 unspecified atom stereocenters. The van der Waals surface area contributed by atoms with Crippen molar-refractivity contribution in [1.82, 2.24) is 4.72 Å². The molecule has 21 heavy (non-hydrogen) atoms. The van der Waals surface area contributed by atoms with E-state index >= 15 is 0 Å². The van der Waals surface area contributed by atoms with E-state index in [0.717, 1.165) is 0 Å². The smallest absolute Gasteiger partial charge is 0.211 e. The highest BCUT2D eigenvalue weighted by molar-refractivity contribution is 7.89. The normalized spacial score (nSPS) is 16.0. The summed E-state index contributed by atoms with van der Waals surface area (Å²) in [6.45, 7) is 4.57. The molecular formula is C14H21NO5S. The van der Waals surface area contributed by atoms with Crippen LogP contribution in [0.2, 0.25) is 0 Å². The van der Waals surface area contributed by atoms with Crippen molar-refractivity contribution in [1.29, 1.82) is 0 Å². The van der Waals surface area contributed by atoms with Crippen LogP contribution in [0, 0.1) is 5.92 Å². The molecule has 0 bridgehead atoms. The highest BCUT2D eigenvalue weighted by atomic mass is 32.2. The quantitative estimate of drug-likeness (QED) is 0.820. The van der Waals surface area contributed by atoms with Gasteiger partial charge in [0.25, 0.3) is 0 Å². The molecule has 2 N–H and O–H groups in total. The van der Waals surface area contributed by atoms with Crippen LogP contribution < -0.4 is 14.2 Å². The van der Waals surface area contributed by atoms with Gasteiger partial charge >= 0.3 is 0 Å².